The van der Waals surface area contributed by atoms with Gasteiger partial charge in [0, 0.05) is 35.2 Å². The van der Waals surface area contributed by atoms with Gasteiger partial charge in [0.1, 0.15) is 29.9 Å². The number of aliphatic hydroxyl groups is 1. The van der Waals surface area contributed by atoms with Crippen molar-refractivity contribution in [3.8, 4) is 0 Å². The molecule has 0 saturated carbocycles. The second kappa shape index (κ2) is 10.7. The average Bonchev–Trinajstić information content (AvgIpc) is 3.46. The molecule has 0 fully saturated rings. The first kappa shape index (κ1) is 25.1. The normalized spacial score (nSPS) is 13.5. The summed E-state index contributed by atoms with van der Waals surface area (Å²) in [6.45, 7) is 4.88. The summed E-state index contributed by atoms with van der Waals surface area (Å²) in [5.41, 5.74) is 0.0696. The minimum absolute atomic E-state index is 0.0149. The minimum atomic E-state index is -1.71. The van der Waals surface area contributed by atoms with Gasteiger partial charge in [0.2, 0.25) is 0 Å². The van der Waals surface area contributed by atoms with Gasteiger partial charge < -0.3 is 5.11 Å². The van der Waals surface area contributed by atoms with Crippen LogP contribution in [0.2, 0.25) is 0 Å². The molecule has 0 aliphatic heterocycles. The Morgan fingerprint density at radius 2 is 1.89 bits per heavy atom. The van der Waals surface area contributed by atoms with Crippen LogP contribution in [0, 0.1) is 11.6 Å². The van der Waals surface area contributed by atoms with Crippen LogP contribution in [0.5, 0.6) is 0 Å². The van der Waals surface area contributed by atoms with Crippen LogP contribution in [0.4, 0.5) is 8.78 Å². The summed E-state index contributed by atoms with van der Waals surface area (Å²) in [7, 11) is 0. The first-order valence-corrected chi connectivity index (χ1v) is 11.9. The van der Waals surface area contributed by atoms with Crippen molar-refractivity contribution in [1.29, 1.82) is 0 Å². The first-order chi connectivity index (χ1) is 16.7. The van der Waals surface area contributed by atoms with Crippen molar-refractivity contribution in [2.45, 2.75) is 45.1 Å². The summed E-state index contributed by atoms with van der Waals surface area (Å²) in [6.07, 6.45) is 4.64. The average molecular weight is 546 g/mol. The van der Waals surface area contributed by atoms with E-state index in [0.717, 1.165) is 22.2 Å². The van der Waals surface area contributed by atoms with Crippen LogP contribution in [-0.2, 0) is 25.2 Å². The summed E-state index contributed by atoms with van der Waals surface area (Å²) in [4.78, 5) is 5.88. The van der Waals surface area contributed by atoms with Gasteiger partial charge in [0.15, 0.2) is 0 Å². The summed E-state index contributed by atoms with van der Waals surface area (Å²) in [6, 6.07) is 11.1. The van der Waals surface area contributed by atoms with Gasteiger partial charge in [0.25, 0.3) is 0 Å². The maximum atomic E-state index is 14.8. The fourth-order valence-corrected chi connectivity index (χ4v) is 4.16. The van der Waals surface area contributed by atoms with Gasteiger partial charge in [-0.1, -0.05) is 39.3 Å². The van der Waals surface area contributed by atoms with Gasteiger partial charge in [-0.2, -0.15) is 5.10 Å². The van der Waals surface area contributed by atoms with Crippen molar-refractivity contribution in [2.75, 3.05) is 6.54 Å². The summed E-state index contributed by atoms with van der Waals surface area (Å²) >= 11 is 3.43. The first-order valence-electron chi connectivity index (χ1n) is 11.1. The standard InChI is InChI=1S/C24H26BrF2N7O/c1-17(2)32(11-21-12-33(31-30-21)10-18-3-5-19(25)6-4-18)13-24(35,14-34-16-28-15-29-34)22-8-7-20(26)9-23(22)27/h3-9,12,15-17,35H,10-11,13-14H2,1-2H3. The number of aromatic nitrogens is 6. The predicted octanol–water partition coefficient (Wildman–Crippen LogP) is 3.76. The highest BCUT2D eigenvalue weighted by molar-refractivity contribution is 9.10. The van der Waals surface area contributed by atoms with E-state index in [1.54, 1.807) is 4.68 Å². The SMILES string of the molecule is CC(C)N(Cc1cn(Cc2ccc(Br)cc2)nn1)CC(O)(Cn1cncn1)c1ccc(F)cc1F. The Bertz CT molecular complexity index is 1250. The Kier molecular flexibility index (Phi) is 7.68. The highest BCUT2D eigenvalue weighted by Gasteiger charge is 2.36. The summed E-state index contributed by atoms with van der Waals surface area (Å²) < 4.78 is 32.6. The molecule has 0 amide bonds. The molecule has 0 saturated heterocycles. The molecule has 0 bridgehead atoms. The van der Waals surface area contributed by atoms with E-state index in [1.807, 2.05) is 49.2 Å². The van der Waals surface area contributed by atoms with Gasteiger partial charge in [-0.05, 0) is 37.6 Å². The van der Waals surface area contributed by atoms with Crippen LogP contribution >= 0.6 is 15.9 Å². The van der Waals surface area contributed by atoms with E-state index in [2.05, 4.69) is 36.3 Å². The highest BCUT2D eigenvalue weighted by atomic mass is 79.9. The number of benzene rings is 2. The molecule has 8 nitrogen and oxygen atoms in total. The third kappa shape index (κ3) is 6.36. The molecule has 0 aliphatic rings. The van der Waals surface area contributed by atoms with Crippen molar-refractivity contribution in [3.05, 3.63) is 94.2 Å². The van der Waals surface area contributed by atoms with Gasteiger partial charge in [-0.25, -0.2) is 23.1 Å². The van der Waals surface area contributed by atoms with E-state index in [0.29, 0.717) is 18.8 Å². The molecule has 2 aromatic carbocycles. The van der Waals surface area contributed by atoms with E-state index in [4.69, 9.17) is 0 Å². The lowest BCUT2D eigenvalue weighted by Gasteiger charge is -2.36. The second-order valence-electron chi connectivity index (χ2n) is 8.78. The minimum Gasteiger partial charge on any atom is -0.382 e. The van der Waals surface area contributed by atoms with Crippen LogP contribution in [0.3, 0.4) is 0 Å². The lowest BCUT2D eigenvalue weighted by atomic mass is 9.91. The molecular weight excluding hydrogens is 520 g/mol. The maximum Gasteiger partial charge on any atom is 0.137 e. The molecule has 4 rings (SSSR count). The van der Waals surface area contributed by atoms with Crippen LogP contribution in [0.1, 0.15) is 30.7 Å². The summed E-state index contributed by atoms with van der Waals surface area (Å²) in [5.74, 6) is -1.53. The van der Waals surface area contributed by atoms with E-state index in [-0.39, 0.29) is 24.7 Å². The van der Waals surface area contributed by atoms with E-state index in [1.165, 1.54) is 23.4 Å². The lowest BCUT2D eigenvalue weighted by molar-refractivity contribution is -0.0315. The number of halogens is 3. The lowest BCUT2D eigenvalue weighted by Crippen LogP contribution is -2.46. The predicted molar refractivity (Wildman–Crippen MR) is 129 cm³/mol. The monoisotopic (exact) mass is 545 g/mol. The number of rotatable bonds is 10. The third-order valence-electron chi connectivity index (χ3n) is 5.73. The van der Waals surface area contributed by atoms with Crippen molar-refractivity contribution in [2.24, 2.45) is 0 Å². The molecule has 4 aromatic rings. The molecule has 0 aliphatic carbocycles. The molecule has 1 N–H and O–H groups in total. The molecule has 2 heterocycles. The maximum absolute atomic E-state index is 14.8. The zero-order valence-corrected chi connectivity index (χ0v) is 21.0. The van der Waals surface area contributed by atoms with Gasteiger partial charge in [0.05, 0.1) is 25.0 Å². The quantitative estimate of drug-likeness (QED) is 0.326. The molecule has 184 valence electrons. The van der Waals surface area contributed by atoms with Crippen molar-refractivity contribution in [3.63, 3.8) is 0 Å². The Hall–Kier alpha value is -3.02. The van der Waals surface area contributed by atoms with Gasteiger partial charge in [-0.3, -0.25) is 4.90 Å². The smallest absolute Gasteiger partial charge is 0.137 e. The molecular formula is C24H26BrF2N7O. The van der Waals surface area contributed by atoms with Crippen molar-refractivity contribution < 1.29 is 13.9 Å². The number of hydrogen-bond acceptors (Lipinski definition) is 6. The van der Waals surface area contributed by atoms with Crippen LogP contribution in [0.15, 0.2) is 65.8 Å². The Balaban J connectivity index is 1.56. The zero-order valence-electron chi connectivity index (χ0n) is 19.4. The molecule has 1 unspecified atom stereocenters. The molecule has 0 radical (unpaired) electrons. The van der Waals surface area contributed by atoms with Crippen LogP contribution in [0.25, 0.3) is 0 Å². The second-order valence-corrected chi connectivity index (χ2v) is 9.70. The molecule has 0 spiro atoms. The van der Waals surface area contributed by atoms with Gasteiger partial charge >= 0.3 is 0 Å². The number of hydrogen-bond donors (Lipinski definition) is 1. The third-order valence-corrected chi connectivity index (χ3v) is 6.26. The van der Waals surface area contributed by atoms with E-state index < -0.39 is 17.2 Å². The van der Waals surface area contributed by atoms with Crippen LogP contribution < -0.4 is 0 Å². The Morgan fingerprint density at radius 3 is 2.54 bits per heavy atom. The summed E-state index contributed by atoms with van der Waals surface area (Å²) in [5, 5.41) is 24.3. The largest absolute Gasteiger partial charge is 0.382 e. The molecule has 11 heteroatoms. The van der Waals surface area contributed by atoms with E-state index in [9.17, 15) is 13.9 Å². The topological polar surface area (TPSA) is 84.9 Å². The fraction of sp³-hybridized carbons (Fsp3) is 0.333. The van der Waals surface area contributed by atoms with Crippen molar-refractivity contribution in [1.82, 2.24) is 34.7 Å². The van der Waals surface area contributed by atoms with Crippen molar-refractivity contribution >= 4 is 15.9 Å². The van der Waals surface area contributed by atoms with E-state index >= 15 is 0 Å². The zero-order chi connectivity index (χ0) is 25.0. The molecule has 35 heavy (non-hydrogen) atoms. The fourth-order valence-electron chi connectivity index (χ4n) is 3.90. The Morgan fingerprint density at radius 1 is 1.11 bits per heavy atom. The number of nitrogens with zero attached hydrogens (tertiary/aromatic N) is 7. The molecule has 1 atom stereocenters. The van der Waals surface area contributed by atoms with Gasteiger partial charge in [-0.15, -0.1) is 5.10 Å². The highest BCUT2D eigenvalue weighted by Crippen LogP contribution is 2.29. The van der Waals surface area contributed by atoms with Crippen LogP contribution in [-0.4, -0.2) is 52.4 Å². The Labute approximate surface area is 210 Å². The molecule has 2 aromatic heterocycles.